The molecule has 0 unspecified atom stereocenters. The molecular weight excluding hydrogens is 248 g/mol. The Morgan fingerprint density at radius 3 is 2.94 bits per heavy atom. The van der Waals surface area contributed by atoms with Crippen LogP contribution in [0.4, 0.5) is 5.69 Å². The van der Waals surface area contributed by atoms with Crippen LogP contribution in [-0.4, -0.2) is 22.9 Å². The molecule has 2 N–H and O–H groups in total. The zero-order valence-corrected chi connectivity index (χ0v) is 11.0. The Labute approximate surface area is 109 Å². The summed E-state index contributed by atoms with van der Waals surface area (Å²) in [5.41, 5.74) is 1.30. The largest absolute Gasteiger partial charge is 0.386 e. The molecule has 0 aliphatic rings. The Bertz CT molecular complexity index is 553. The number of nitrogens with one attached hydrogen (secondary N) is 2. The predicted octanol–water partition coefficient (Wildman–Crippen LogP) is 1.82. The second kappa shape index (κ2) is 5.59. The molecule has 0 radical (unpaired) electrons. The first-order valence-electron chi connectivity index (χ1n) is 5.52. The average Bonchev–Trinajstić information content (AvgIpc) is 2.81. The molecule has 0 fully saturated rings. The first-order valence-corrected chi connectivity index (χ1v) is 6.33. The van der Waals surface area contributed by atoms with Gasteiger partial charge in [-0.05, 0) is 13.0 Å². The maximum atomic E-state index is 12.0. The summed E-state index contributed by atoms with van der Waals surface area (Å²) >= 11 is 1.58. The highest BCUT2D eigenvalue weighted by atomic mass is 32.1. The van der Waals surface area contributed by atoms with Crippen LogP contribution < -0.4 is 10.6 Å². The Morgan fingerprint density at radius 1 is 1.44 bits per heavy atom. The second-order valence-corrected chi connectivity index (χ2v) is 5.04. The van der Waals surface area contributed by atoms with Gasteiger partial charge in [0.2, 0.25) is 0 Å². The summed E-state index contributed by atoms with van der Waals surface area (Å²) in [4.78, 5) is 21.3. The van der Waals surface area contributed by atoms with Gasteiger partial charge in [0.05, 0.1) is 24.0 Å². The third kappa shape index (κ3) is 2.84. The Morgan fingerprint density at radius 2 is 2.28 bits per heavy atom. The lowest BCUT2D eigenvalue weighted by Gasteiger charge is -2.07. The summed E-state index contributed by atoms with van der Waals surface area (Å²) in [7, 11) is 1.76. The van der Waals surface area contributed by atoms with Gasteiger partial charge in [0.25, 0.3) is 5.91 Å². The monoisotopic (exact) mass is 262 g/mol. The van der Waals surface area contributed by atoms with Crippen LogP contribution >= 0.6 is 11.3 Å². The van der Waals surface area contributed by atoms with Gasteiger partial charge in [0.1, 0.15) is 5.01 Å². The number of hydrogen-bond donors (Lipinski definition) is 2. The van der Waals surface area contributed by atoms with Gasteiger partial charge in [-0.1, -0.05) is 0 Å². The minimum Gasteiger partial charge on any atom is -0.386 e. The van der Waals surface area contributed by atoms with E-state index in [0.717, 1.165) is 9.88 Å². The highest BCUT2D eigenvalue weighted by Crippen LogP contribution is 2.14. The molecule has 0 aromatic carbocycles. The number of nitrogens with zero attached hydrogens (tertiary/aromatic N) is 2. The van der Waals surface area contributed by atoms with Crippen molar-refractivity contribution in [3.8, 4) is 0 Å². The molecule has 0 atom stereocenters. The number of pyridine rings is 1. The van der Waals surface area contributed by atoms with Crippen molar-refractivity contribution < 1.29 is 4.79 Å². The summed E-state index contributed by atoms with van der Waals surface area (Å²) in [5, 5.41) is 6.69. The lowest BCUT2D eigenvalue weighted by Crippen LogP contribution is -2.23. The van der Waals surface area contributed by atoms with E-state index < -0.39 is 0 Å². The fourth-order valence-electron chi connectivity index (χ4n) is 1.53. The molecule has 0 aliphatic heterocycles. The molecule has 2 heterocycles. The van der Waals surface area contributed by atoms with Crippen molar-refractivity contribution >= 4 is 22.9 Å². The van der Waals surface area contributed by atoms with E-state index in [1.165, 1.54) is 0 Å². The minimum absolute atomic E-state index is 0.130. The van der Waals surface area contributed by atoms with Crippen LogP contribution in [0.2, 0.25) is 0 Å². The number of amides is 1. The predicted molar refractivity (Wildman–Crippen MR) is 71.8 cm³/mol. The average molecular weight is 262 g/mol. The molecule has 2 rings (SSSR count). The van der Waals surface area contributed by atoms with Crippen LogP contribution in [0.3, 0.4) is 0 Å². The Kier molecular flexibility index (Phi) is 3.88. The van der Waals surface area contributed by atoms with Crippen LogP contribution in [0.25, 0.3) is 0 Å². The summed E-state index contributed by atoms with van der Waals surface area (Å²) in [5.74, 6) is -0.130. The van der Waals surface area contributed by atoms with Crippen LogP contribution in [0.1, 0.15) is 20.2 Å². The standard InChI is InChI=1S/C12H14N4OS/c1-8-5-15-11(18-8)7-16-12(17)9-3-4-14-6-10(9)13-2/h3-6,13H,7H2,1-2H3,(H,16,17). The molecule has 6 heteroatoms. The smallest absolute Gasteiger partial charge is 0.253 e. The maximum Gasteiger partial charge on any atom is 0.253 e. The normalized spacial score (nSPS) is 10.1. The lowest BCUT2D eigenvalue weighted by molar-refractivity contribution is 0.0951. The first kappa shape index (κ1) is 12.5. The van der Waals surface area contributed by atoms with Crippen molar-refractivity contribution in [3.05, 3.63) is 40.1 Å². The zero-order chi connectivity index (χ0) is 13.0. The van der Waals surface area contributed by atoms with Crippen molar-refractivity contribution in [3.63, 3.8) is 0 Å². The van der Waals surface area contributed by atoms with Gasteiger partial charge < -0.3 is 10.6 Å². The summed E-state index contributed by atoms with van der Waals surface area (Å²) in [6.07, 6.45) is 5.03. The maximum absolute atomic E-state index is 12.0. The number of anilines is 1. The van der Waals surface area contributed by atoms with Gasteiger partial charge in [0.15, 0.2) is 0 Å². The number of thiazole rings is 1. The fraction of sp³-hybridized carbons (Fsp3) is 0.250. The fourth-order valence-corrected chi connectivity index (χ4v) is 2.25. The van der Waals surface area contributed by atoms with Crippen molar-refractivity contribution in [2.45, 2.75) is 13.5 Å². The van der Waals surface area contributed by atoms with Gasteiger partial charge in [0, 0.05) is 24.3 Å². The molecule has 0 saturated heterocycles. The van der Waals surface area contributed by atoms with Crippen LogP contribution in [0, 0.1) is 6.92 Å². The van der Waals surface area contributed by atoms with Gasteiger partial charge in [-0.25, -0.2) is 4.98 Å². The zero-order valence-electron chi connectivity index (χ0n) is 10.2. The minimum atomic E-state index is -0.130. The summed E-state index contributed by atoms with van der Waals surface area (Å²) in [6.45, 7) is 2.44. The van der Waals surface area contributed by atoms with E-state index in [1.54, 1.807) is 43.0 Å². The Balaban J connectivity index is 2.03. The quantitative estimate of drug-likeness (QED) is 0.882. The second-order valence-electron chi connectivity index (χ2n) is 3.72. The topological polar surface area (TPSA) is 66.9 Å². The molecule has 0 spiro atoms. The van der Waals surface area contributed by atoms with E-state index >= 15 is 0 Å². The number of carbonyl (C=O) groups excluding carboxylic acids is 1. The van der Waals surface area contributed by atoms with E-state index in [0.29, 0.717) is 17.8 Å². The molecule has 0 saturated carbocycles. The molecular formula is C12H14N4OS. The van der Waals surface area contributed by atoms with E-state index in [-0.39, 0.29) is 5.91 Å². The number of rotatable bonds is 4. The van der Waals surface area contributed by atoms with Gasteiger partial charge in [-0.3, -0.25) is 9.78 Å². The Hall–Kier alpha value is -1.95. The van der Waals surface area contributed by atoms with Crippen molar-refractivity contribution in [1.29, 1.82) is 0 Å². The lowest BCUT2D eigenvalue weighted by atomic mass is 10.2. The molecule has 2 aromatic rings. The van der Waals surface area contributed by atoms with Crippen molar-refractivity contribution in [1.82, 2.24) is 15.3 Å². The SMILES string of the molecule is CNc1cnccc1C(=O)NCc1ncc(C)s1. The molecule has 0 bridgehead atoms. The van der Waals surface area contributed by atoms with Crippen molar-refractivity contribution in [2.75, 3.05) is 12.4 Å². The summed E-state index contributed by atoms with van der Waals surface area (Å²) in [6, 6.07) is 1.69. The summed E-state index contributed by atoms with van der Waals surface area (Å²) < 4.78 is 0. The number of carbonyl (C=O) groups is 1. The van der Waals surface area contributed by atoms with Gasteiger partial charge in [-0.15, -0.1) is 11.3 Å². The van der Waals surface area contributed by atoms with Crippen LogP contribution in [-0.2, 0) is 6.54 Å². The molecule has 94 valence electrons. The molecule has 18 heavy (non-hydrogen) atoms. The van der Waals surface area contributed by atoms with Gasteiger partial charge in [-0.2, -0.15) is 0 Å². The van der Waals surface area contributed by atoms with Gasteiger partial charge >= 0.3 is 0 Å². The highest BCUT2D eigenvalue weighted by molar-refractivity contribution is 7.11. The van der Waals surface area contributed by atoms with E-state index in [9.17, 15) is 4.79 Å². The number of aryl methyl sites for hydroxylation is 1. The third-order valence-electron chi connectivity index (χ3n) is 2.40. The molecule has 0 aliphatic carbocycles. The van der Waals surface area contributed by atoms with Crippen molar-refractivity contribution in [2.24, 2.45) is 0 Å². The van der Waals surface area contributed by atoms with E-state index in [1.807, 2.05) is 6.92 Å². The molecule has 2 aromatic heterocycles. The van der Waals surface area contributed by atoms with E-state index in [2.05, 4.69) is 20.6 Å². The number of hydrogen-bond acceptors (Lipinski definition) is 5. The first-order chi connectivity index (χ1) is 8.70. The highest BCUT2D eigenvalue weighted by Gasteiger charge is 2.10. The number of aromatic nitrogens is 2. The van der Waals surface area contributed by atoms with Crippen LogP contribution in [0.15, 0.2) is 24.7 Å². The molecule has 5 nitrogen and oxygen atoms in total. The molecule has 1 amide bonds. The van der Waals surface area contributed by atoms with Crippen LogP contribution in [0.5, 0.6) is 0 Å². The third-order valence-corrected chi connectivity index (χ3v) is 3.32. The van der Waals surface area contributed by atoms with E-state index in [4.69, 9.17) is 0 Å².